The fourth-order valence-electron chi connectivity index (χ4n) is 2.27. The molecule has 0 rings (SSSR count). The normalized spacial score (nSPS) is 13.7. The van der Waals surface area contributed by atoms with Crippen molar-refractivity contribution in [2.24, 2.45) is 0 Å². The van der Waals surface area contributed by atoms with Crippen LogP contribution in [-0.4, -0.2) is 34.6 Å². The minimum Gasteiger partial charge on any atom is -0.376 e. The standard InChI is InChI=1S/C14H31BrO3Si/c1-5-6-7-8-9-10-11-12-13-14(15)19(16-2,17-3)18-4/h14H,5-13H2,1-4H3. The first kappa shape index (κ1) is 19.6. The van der Waals surface area contributed by atoms with E-state index in [-0.39, 0.29) is 4.45 Å². The molecular weight excluding hydrogens is 324 g/mol. The Labute approximate surface area is 128 Å². The van der Waals surface area contributed by atoms with E-state index in [1.54, 1.807) is 21.3 Å². The minimum atomic E-state index is -2.49. The van der Waals surface area contributed by atoms with E-state index in [1.165, 1.54) is 51.4 Å². The van der Waals surface area contributed by atoms with Gasteiger partial charge in [-0.2, -0.15) is 0 Å². The summed E-state index contributed by atoms with van der Waals surface area (Å²) < 4.78 is 16.6. The van der Waals surface area contributed by atoms with Crippen LogP contribution in [0.15, 0.2) is 0 Å². The van der Waals surface area contributed by atoms with Gasteiger partial charge in [-0.1, -0.05) is 74.2 Å². The third-order valence-corrected chi connectivity index (χ3v) is 8.45. The molecule has 0 aromatic rings. The predicted molar refractivity (Wildman–Crippen MR) is 86.7 cm³/mol. The van der Waals surface area contributed by atoms with Crippen LogP contribution in [0.4, 0.5) is 0 Å². The highest BCUT2D eigenvalue weighted by Crippen LogP contribution is 2.24. The highest BCUT2D eigenvalue weighted by Gasteiger charge is 2.45. The summed E-state index contributed by atoms with van der Waals surface area (Å²) in [7, 11) is 2.51. The molecule has 0 saturated carbocycles. The Morgan fingerprint density at radius 3 is 1.63 bits per heavy atom. The van der Waals surface area contributed by atoms with Crippen LogP contribution < -0.4 is 0 Å². The van der Waals surface area contributed by atoms with Gasteiger partial charge in [0.1, 0.15) is 0 Å². The molecule has 0 N–H and O–H groups in total. The van der Waals surface area contributed by atoms with E-state index < -0.39 is 8.80 Å². The zero-order valence-electron chi connectivity index (χ0n) is 13.0. The average molecular weight is 355 g/mol. The van der Waals surface area contributed by atoms with Gasteiger partial charge in [-0.25, -0.2) is 0 Å². The smallest absolute Gasteiger partial charge is 0.376 e. The van der Waals surface area contributed by atoms with E-state index in [9.17, 15) is 0 Å². The van der Waals surface area contributed by atoms with Crippen molar-refractivity contribution in [3.05, 3.63) is 0 Å². The van der Waals surface area contributed by atoms with Crippen LogP contribution >= 0.6 is 15.9 Å². The van der Waals surface area contributed by atoms with Gasteiger partial charge in [0.25, 0.3) is 0 Å². The van der Waals surface area contributed by atoms with Gasteiger partial charge in [0.15, 0.2) is 0 Å². The Bertz CT molecular complexity index is 193. The number of rotatable bonds is 13. The van der Waals surface area contributed by atoms with Crippen molar-refractivity contribution >= 4 is 24.7 Å². The van der Waals surface area contributed by atoms with Crippen LogP contribution in [0.25, 0.3) is 0 Å². The molecule has 5 heteroatoms. The van der Waals surface area contributed by atoms with E-state index in [4.69, 9.17) is 13.3 Å². The maximum absolute atomic E-state index is 5.47. The Hall–Kier alpha value is 0.577. The van der Waals surface area contributed by atoms with Gasteiger partial charge in [-0.3, -0.25) is 0 Å². The lowest BCUT2D eigenvalue weighted by molar-refractivity contribution is 0.121. The molecule has 0 heterocycles. The largest absolute Gasteiger partial charge is 0.514 e. The summed E-state index contributed by atoms with van der Waals surface area (Å²) in [6, 6.07) is 0. The van der Waals surface area contributed by atoms with Gasteiger partial charge in [0, 0.05) is 21.3 Å². The van der Waals surface area contributed by atoms with Crippen LogP contribution in [0.1, 0.15) is 64.7 Å². The van der Waals surface area contributed by atoms with E-state index in [0.717, 1.165) is 6.42 Å². The summed E-state index contributed by atoms with van der Waals surface area (Å²) in [6.45, 7) is 2.26. The number of hydrogen-bond acceptors (Lipinski definition) is 3. The number of halogens is 1. The minimum absolute atomic E-state index is 0.195. The van der Waals surface area contributed by atoms with Crippen molar-refractivity contribution in [1.29, 1.82) is 0 Å². The van der Waals surface area contributed by atoms with Gasteiger partial charge in [0.05, 0.1) is 4.45 Å². The Morgan fingerprint density at radius 2 is 1.21 bits per heavy atom. The summed E-state index contributed by atoms with van der Waals surface area (Å²) in [5.41, 5.74) is 0. The molecule has 0 aliphatic heterocycles. The molecule has 116 valence electrons. The van der Waals surface area contributed by atoms with Gasteiger partial charge < -0.3 is 13.3 Å². The Morgan fingerprint density at radius 1 is 0.789 bits per heavy atom. The second kappa shape index (κ2) is 12.3. The van der Waals surface area contributed by atoms with E-state index in [2.05, 4.69) is 22.9 Å². The SMILES string of the molecule is CCCCCCCCCCC(Br)[Si](OC)(OC)OC. The highest BCUT2D eigenvalue weighted by molar-refractivity contribution is 9.10. The van der Waals surface area contributed by atoms with Crippen LogP contribution in [-0.2, 0) is 13.3 Å². The second-order valence-electron chi connectivity index (χ2n) is 4.95. The zero-order chi connectivity index (χ0) is 14.6. The zero-order valence-corrected chi connectivity index (χ0v) is 15.6. The van der Waals surface area contributed by atoms with Gasteiger partial charge >= 0.3 is 8.80 Å². The van der Waals surface area contributed by atoms with E-state index in [1.807, 2.05) is 0 Å². The Balaban J connectivity index is 3.64. The number of unbranched alkanes of at least 4 members (excludes halogenated alkanes) is 7. The first-order chi connectivity index (χ1) is 9.16. The fourth-order valence-corrected chi connectivity index (χ4v) is 6.10. The maximum Gasteiger partial charge on any atom is 0.514 e. The fraction of sp³-hybridized carbons (Fsp3) is 1.00. The molecule has 0 aliphatic carbocycles. The molecular formula is C14H31BrO3Si. The van der Waals surface area contributed by atoms with Crippen LogP contribution in [0.2, 0.25) is 0 Å². The average Bonchev–Trinajstić information content (AvgIpc) is 2.44. The third-order valence-electron chi connectivity index (χ3n) is 3.55. The third kappa shape index (κ3) is 7.80. The van der Waals surface area contributed by atoms with E-state index in [0.29, 0.717) is 0 Å². The molecule has 0 aromatic carbocycles. The van der Waals surface area contributed by atoms with Gasteiger partial charge in [-0.05, 0) is 6.42 Å². The molecule has 1 unspecified atom stereocenters. The van der Waals surface area contributed by atoms with Crippen molar-refractivity contribution in [2.75, 3.05) is 21.3 Å². The van der Waals surface area contributed by atoms with Gasteiger partial charge in [0.2, 0.25) is 0 Å². The lowest BCUT2D eigenvalue weighted by Gasteiger charge is -2.28. The summed E-state index contributed by atoms with van der Waals surface area (Å²) >= 11 is 3.67. The summed E-state index contributed by atoms with van der Waals surface area (Å²) in [5, 5.41) is 0. The quantitative estimate of drug-likeness (QED) is 0.272. The maximum atomic E-state index is 5.47. The topological polar surface area (TPSA) is 27.7 Å². The highest BCUT2D eigenvalue weighted by atomic mass is 79.9. The molecule has 3 nitrogen and oxygen atoms in total. The van der Waals surface area contributed by atoms with Crippen molar-refractivity contribution in [3.63, 3.8) is 0 Å². The number of alkyl halides is 1. The predicted octanol–water partition coefficient (Wildman–Crippen LogP) is 4.70. The second-order valence-corrected chi connectivity index (χ2v) is 10.0. The first-order valence-corrected chi connectivity index (χ1v) is 10.2. The molecule has 0 spiro atoms. The molecule has 0 aromatic heterocycles. The van der Waals surface area contributed by atoms with E-state index >= 15 is 0 Å². The first-order valence-electron chi connectivity index (χ1n) is 7.46. The summed E-state index contributed by atoms with van der Waals surface area (Å²) in [5.74, 6) is 0. The summed E-state index contributed by atoms with van der Waals surface area (Å²) in [4.78, 5) is 0. The lowest BCUT2D eigenvalue weighted by atomic mass is 10.1. The van der Waals surface area contributed by atoms with Gasteiger partial charge in [-0.15, -0.1) is 0 Å². The molecule has 19 heavy (non-hydrogen) atoms. The molecule has 0 aliphatic rings. The number of hydrogen-bond donors (Lipinski definition) is 0. The van der Waals surface area contributed by atoms with Crippen LogP contribution in [0, 0.1) is 0 Å². The molecule has 0 bridgehead atoms. The monoisotopic (exact) mass is 354 g/mol. The molecule has 0 radical (unpaired) electrons. The molecule has 0 saturated heterocycles. The van der Waals surface area contributed by atoms with Crippen molar-refractivity contribution < 1.29 is 13.3 Å². The van der Waals surface area contributed by atoms with Crippen molar-refractivity contribution in [3.8, 4) is 0 Å². The molecule has 0 amide bonds. The summed E-state index contributed by atoms with van der Waals surface area (Å²) in [6.07, 6.45) is 11.7. The van der Waals surface area contributed by atoms with Crippen LogP contribution in [0.3, 0.4) is 0 Å². The molecule has 1 atom stereocenters. The van der Waals surface area contributed by atoms with Crippen molar-refractivity contribution in [1.82, 2.24) is 0 Å². The molecule has 0 fully saturated rings. The van der Waals surface area contributed by atoms with Crippen LogP contribution in [0.5, 0.6) is 0 Å². The van der Waals surface area contributed by atoms with Crippen molar-refractivity contribution in [2.45, 2.75) is 69.2 Å². The lowest BCUT2D eigenvalue weighted by Crippen LogP contribution is -2.51. The Kier molecular flexibility index (Phi) is 12.7.